The Labute approximate surface area is 132 Å². The highest BCUT2D eigenvalue weighted by Crippen LogP contribution is 2.27. The molecule has 2 N–H and O–H groups in total. The molecule has 0 radical (unpaired) electrons. The number of ketones is 1. The zero-order valence-corrected chi connectivity index (χ0v) is 12.9. The van der Waals surface area contributed by atoms with Gasteiger partial charge in [-0.1, -0.05) is 12.1 Å². The fraction of sp³-hybridized carbons (Fsp3) is 0.125. The van der Waals surface area contributed by atoms with Gasteiger partial charge in [0.05, 0.1) is 7.11 Å². The third-order valence-electron chi connectivity index (χ3n) is 2.93. The first kappa shape index (κ1) is 15.9. The Morgan fingerprint density at radius 3 is 2.59 bits per heavy atom. The van der Waals surface area contributed by atoms with Gasteiger partial charge in [0.15, 0.2) is 5.78 Å². The molecule has 0 heterocycles. The van der Waals surface area contributed by atoms with E-state index >= 15 is 0 Å². The van der Waals surface area contributed by atoms with Crippen LogP contribution in [0.1, 0.15) is 27.6 Å². The second kappa shape index (κ2) is 7.00. The van der Waals surface area contributed by atoms with Crippen LogP contribution in [0.15, 0.2) is 47.4 Å². The van der Waals surface area contributed by atoms with Crippen LogP contribution >= 0.6 is 11.9 Å². The summed E-state index contributed by atoms with van der Waals surface area (Å²) in [5.41, 5.74) is 1.37. The summed E-state index contributed by atoms with van der Waals surface area (Å²) in [6, 6.07) is 11.8. The number of Topliss-reactive ketones (excluding diaryl/α,β-unsaturated/α-hetero) is 1. The zero-order valence-electron chi connectivity index (χ0n) is 12.1. The summed E-state index contributed by atoms with van der Waals surface area (Å²) in [4.78, 5) is 23.6. The van der Waals surface area contributed by atoms with Crippen molar-refractivity contribution in [1.29, 1.82) is 0 Å². The Morgan fingerprint density at radius 1 is 1.18 bits per heavy atom. The van der Waals surface area contributed by atoms with Crippen LogP contribution < -0.4 is 4.72 Å². The van der Waals surface area contributed by atoms with Gasteiger partial charge in [-0.05, 0) is 43.1 Å². The number of nitrogens with one attached hydrogen (secondary N) is 1. The first-order chi connectivity index (χ1) is 10.5. The van der Waals surface area contributed by atoms with Gasteiger partial charge in [-0.25, -0.2) is 4.79 Å². The summed E-state index contributed by atoms with van der Waals surface area (Å²) in [5.74, 6) is -0.747. The summed E-state index contributed by atoms with van der Waals surface area (Å²) < 4.78 is 7.61. The quantitative estimate of drug-likeness (QED) is 0.499. The van der Waals surface area contributed by atoms with Gasteiger partial charge in [-0.3, -0.25) is 4.79 Å². The fourth-order valence-electron chi connectivity index (χ4n) is 1.77. The Bertz CT molecular complexity index is 715. The minimum absolute atomic E-state index is 0.00234. The van der Waals surface area contributed by atoms with Crippen molar-refractivity contribution < 1.29 is 19.4 Å². The molecule has 0 aromatic heterocycles. The van der Waals surface area contributed by atoms with Gasteiger partial charge < -0.3 is 14.6 Å². The molecule has 0 bridgehead atoms. The number of benzene rings is 2. The molecule has 2 aromatic carbocycles. The maximum atomic E-state index is 11.4. The lowest BCUT2D eigenvalue weighted by Crippen LogP contribution is -2.01. The van der Waals surface area contributed by atoms with Crippen molar-refractivity contribution in [2.75, 3.05) is 11.8 Å². The largest absolute Gasteiger partial charge is 0.507 e. The molecule has 0 aliphatic carbocycles. The molecule has 0 aliphatic heterocycles. The molecule has 0 unspecified atom stereocenters. The van der Waals surface area contributed by atoms with E-state index < -0.39 is 5.97 Å². The minimum atomic E-state index is -0.592. The summed E-state index contributed by atoms with van der Waals surface area (Å²) in [6.07, 6.45) is 0. The number of esters is 1. The van der Waals surface area contributed by atoms with E-state index in [9.17, 15) is 14.7 Å². The molecule has 6 heteroatoms. The van der Waals surface area contributed by atoms with Gasteiger partial charge in [0.1, 0.15) is 11.3 Å². The first-order valence-electron chi connectivity index (χ1n) is 6.46. The molecule has 0 spiro atoms. The van der Waals surface area contributed by atoms with Gasteiger partial charge in [0.25, 0.3) is 0 Å². The van der Waals surface area contributed by atoms with Gasteiger partial charge in [0, 0.05) is 22.2 Å². The maximum absolute atomic E-state index is 11.4. The van der Waals surface area contributed by atoms with Crippen LogP contribution in [0.5, 0.6) is 5.75 Å². The highest BCUT2D eigenvalue weighted by molar-refractivity contribution is 8.00. The van der Waals surface area contributed by atoms with Crippen LogP contribution in [0.4, 0.5) is 5.69 Å². The van der Waals surface area contributed by atoms with E-state index in [-0.39, 0.29) is 17.1 Å². The SMILES string of the molecule is COC(=O)c1ccc(NSc2cccc(C(C)=O)c2)cc1O. The normalized spacial score (nSPS) is 10.1. The fourth-order valence-corrected chi connectivity index (χ4v) is 2.47. The van der Waals surface area contributed by atoms with Crippen LogP contribution in [-0.2, 0) is 4.74 Å². The van der Waals surface area contributed by atoms with Crippen molar-refractivity contribution in [2.24, 2.45) is 0 Å². The minimum Gasteiger partial charge on any atom is -0.507 e. The van der Waals surface area contributed by atoms with Crippen molar-refractivity contribution in [3.63, 3.8) is 0 Å². The number of hydrogen-bond donors (Lipinski definition) is 2. The van der Waals surface area contributed by atoms with E-state index in [1.807, 2.05) is 6.07 Å². The van der Waals surface area contributed by atoms with Crippen molar-refractivity contribution in [1.82, 2.24) is 0 Å². The highest BCUT2D eigenvalue weighted by Gasteiger charge is 2.11. The number of rotatable bonds is 5. The Kier molecular flexibility index (Phi) is 5.06. The molecular formula is C16H15NO4S. The maximum Gasteiger partial charge on any atom is 0.341 e. The first-order valence-corrected chi connectivity index (χ1v) is 7.28. The van der Waals surface area contributed by atoms with Crippen molar-refractivity contribution >= 4 is 29.4 Å². The molecule has 5 nitrogen and oxygen atoms in total. The van der Waals surface area contributed by atoms with Crippen molar-refractivity contribution in [3.8, 4) is 5.75 Å². The van der Waals surface area contributed by atoms with E-state index in [1.54, 1.807) is 24.3 Å². The Balaban J connectivity index is 2.09. The number of ether oxygens (including phenoxy) is 1. The van der Waals surface area contributed by atoms with E-state index in [0.29, 0.717) is 11.3 Å². The predicted molar refractivity (Wildman–Crippen MR) is 85.4 cm³/mol. The van der Waals surface area contributed by atoms with Crippen LogP contribution in [0.25, 0.3) is 0 Å². The molecule has 0 fully saturated rings. The van der Waals surface area contributed by atoms with Gasteiger partial charge in [-0.15, -0.1) is 0 Å². The van der Waals surface area contributed by atoms with E-state index in [2.05, 4.69) is 9.46 Å². The highest BCUT2D eigenvalue weighted by atomic mass is 32.2. The van der Waals surface area contributed by atoms with Crippen LogP contribution in [0.2, 0.25) is 0 Å². The predicted octanol–water partition coefficient (Wildman–Crippen LogP) is 3.50. The van der Waals surface area contributed by atoms with Gasteiger partial charge >= 0.3 is 5.97 Å². The molecule has 0 saturated carbocycles. The second-order valence-corrected chi connectivity index (χ2v) is 5.39. The second-order valence-electron chi connectivity index (χ2n) is 4.51. The summed E-state index contributed by atoms with van der Waals surface area (Å²) in [6.45, 7) is 1.51. The standard InChI is InChI=1S/C16H15NO4S/c1-10(18)11-4-3-5-13(8-11)22-17-12-6-7-14(15(19)9-12)16(20)21-2/h3-9,17,19H,1-2H3. The van der Waals surface area contributed by atoms with E-state index in [4.69, 9.17) is 0 Å². The number of methoxy groups -OCH3 is 1. The molecule has 0 saturated heterocycles. The lowest BCUT2D eigenvalue weighted by Gasteiger charge is -2.08. The zero-order chi connectivity index (χ0) is 16.1. The molecular weight excluding hydrogens is 302 g/mol. The summed E-state index contributed by atoms with van der Waals surface area (Å²) >= 11 is 1.30. The van der Waals surface area contributed by atoms with Crippen molar-refractivity contribution in [2.45, 2.75) is 11.8 Å². The van der Waals surface area contributed by atoms with Crippen molar-refractivity contribution in [3.05, 3.63) is 53.6 Å². The van der Waals surface area contributed by atoms with Crippen LogP contribution in [-0.4, -0.2) is 24.0 Å². The Hall–Kier alpha value is -2.47. The number of phenolic OH excluding ortho intramolecular Hbond substituents is 1. The molecule has 2 rings (SSSR count). The monoisotopic (exact) mass is 317 g/mol. The lowest BCUT2D eigenvalue weighted by atomic mass is 10.2. The summed E-state index contributed by atoms with van der Waals surface area (Å²) in [7, 11) is 1.26. The average molecular weight is 317 g/mol. The average Bonchev–Trinajstić information content (AvgIpc) is 2.52. The number of hydrogen-bond acceptors (Lipinski definition) is 6. The number of phenols is 1. The molecule has 2 aromatic rings. The third kappa shape index (κ3) is 3.79. The van der Waals surface area contributed by atoms with E-state index in [0.717, 1.165) is 4.90 Å². The third-order valence-corrected chi connectivity index (χ3v) is 3.76. The smallest absolute Gasteiger partial charge is 0.341 e. The molecule has 0 amide bonds. The van der Waals surface area contributed by atoms with Gasteiger partial charge in [0.2, 0.25) is 0 Å². The number of carbonyl (C=O) groups excluding carboxylic acids is 2. The molecule has 0 aliphatic rings. The Morgan fingerprint density at radius 2 is 1.95 bits per heavy atom. The molecule has 114 valence electrons. The topological polar surface area (TPSA) is 75.6 Å². The van der Waals surface area contributed by atoms with Crippen LogP contribution in [0.3, 0.4) is 0 Å². The van der Waals surface area contributed by atoms with Crippen LogP contribution in [0, 0.1) is 0 Å². The number of aromatic hydroxyl groups is 1. The molecule has 22 heavy (non-hydrogen) atoms. The lowest BCUT2D eigenvalue weighted by molar-refractivity contribution is 0.0597. The number of carbonyl (C=O) groups is 2. The number of anilines is 1. The van der Waals surface area contributed by atoms with E-state index in [1.165, 1.54) is 38.1 Å². The summed E-state index contributed by atoms with van der Waals surface area (Å²) in [5, 5.41) is 9.81. The van der Waals surface area contributed by atoms with Gasteiger partial charge in [-0.2, -0.15) is 0 Å². The molecule has 0 atom stereocenters.